The van der Waals surface area contributed by atoms with Crippen molar-refractivity contribution >= 4 is 28.1 Å². The zero-order chi connectivity index (χ0) is 24.0. The van der Waals surface area contributed by atoms with Gasteiger partial charge in [0.15, 0.2) is 0 Å². The lowest BCUT2D eigenvalue weighted by molar-refractivity contribution is -0.00329. The highest BCUT2D eigenvalue weighted by atomic mass is 32.2. The van der Waals surface area contributed by atoms with Gasteiger partial charge in [0, 0.05) is 0 Å². The number of sulfonamides is 1. The first-order chi connectivity index (χ1) is 14.1. The largest absolute Gasteiger partial charge is 0.482 e. The molecule has 1 aromatic rings. The molecule has 0 aliphatic rings. The Balaban J connectivity index is 3.30. The van der Waals surface area contributed by atoms with Crippen molar-refractivity contribution in [1.82, 2.24) is 10.4 Å². The molecule has 1 atom stereocenters. The first-order valence-corrected chi connectivity index (χ1v) is 11.0. The number of rotatable bonds is 4. The van der Waals surface area contributed by atoms with Crippen LogP contribution in [0.4, 0.5) is 9.59 Å². The summed E-state index contributed by atoms with van der Waals surface area (Å²) in [6, 6.07) is 6.37. The first kappa shape index (κ1) is 26.2. The SMILES string of the molecule is CO/C(=N/S(=O)(=O)c1ccccc1)C(C)N(NC(=O)OC(C)(C)C)C(=O)OC(C)(C)C. The van der Waals surface area contributed by atoms with E-state index in [4.69, 9.17) is 14.2 Å². The topological polar surface area (TPSA) is 124 Å². The molecule has 31 heavy (non-hydrogen) atoms. The Morgan fingerprint density at radius 1 is 1.00 bits per heavy atom. The van der Waals surface area contributed by atoms with E-state index in [0.717, 1.165) is 5.01 Å². The van der Waals surface area contributed by atoms with Crippen LogP contribution in [0, 0.1) is 0 Å². The Morgan fingerprint density at radius 3 is 1.97 bits per heavy atom. The van der Waals surface area contributed by atoms with E-state index >= 15 is 0 Å². The van der Waals surface area contributed by atoms with Gasteiger partial charge in [-0.25, -0.2) is 20.0 Å². The molecule has 0 radical (unpaired) electrons. The molecule has 0 saturated heterocycles. The molecule has 0 fully saturated rings. The van der Waals surface area contributed by atoms with Gasteiger partial charge in [0.2, 0.25) is 5.90 Å². The van der Waals surface area contributed by atoms with Gasteiger partial charge in [-0.15, -0.1) is 4.40 Å². The van der Waals surface area contributed by atoms with Gasteiger partial charge in [0.1, 0.15) is 17.2 Å². The number of amides is 2. The van der Waals surface area contributed by atoms with Gasteiger partial charge in [0.05, 0.1) is 12.0 Å². The number of ether oxygens (including phenoxy) is 3. The van der Waals surface area contributed by atoms with Crippen molar-refractivity contribution in [2.45, 2.75) is 70.6 Å². The monoisotopic (exact) mass is 457 g/mol. The third-order valence-electron chi connectivity index (χ3n) is 3.41. The number of nitrogens with one attached hydrogen (secondary N) is 1. The zero-order valence-electron chi connectivity index (χ0n) is 19.1. The summed E-state index contributed by atoms with van der Waals surface area (Å²) >= 11 is 0. The van der Waals surface area contributed by atoms with Gasteiger partial charge < -0.3 is 14.2 Å². The molecule has 11 heteroatoms. The number of hydrazine groups is 1. The minimum absolute atomic E-state index is 0.0549. The van der Waals surface area contributed by atoms with Crippen molar-refractivity contribution < 1.29 is 32.2 Å². The number of methoxy groups -OCH3 is 1. The Hall–Kier alpha value is -2.82. The number of hydrogen-bond donors (Lipinski definition) is 1. The molecule has 0 bridgehead atoms. The van der Waals surface area contributed by atoms with Gasteiger partial charge in [0.25, 0.3) is 10.0 Å². The van der Waals surface area contributed by atoms with Crippen molar-refractivity contribution in [3.8, 4) is 0 Å². The summed E-state index contributed by atoms with van der Waals surface area (Å²) < 4.78 is 44.6. The Morgan fingerprint density at radius 2 is 1.52 bits per heavy atom. The minimum atomic E-state index is -4.13. The van der Waals surface area contributed by atoms with Crippen molar-refractivity contribution in [1.29, 1.82) is 0 Å². The maximum atomic E-state index is 12.7. The van der Waals surface area contributed by atoms with Crippen molar-refractivity contribution in [3.05, 3.63) is 30.3 Å². The van der Waals surface area contributed by atoms with E-state index in [0.29, 0.717) is 0 Å². The van der Waals surface area contributed by atoms with E-state index in [-0.39, 0.29) is 10.8 Å². The molecule has 1 aromatic carbocycles. The lowest BCUT2D eigenvalue weighted by Crippen LogP contribution is -2.56. The molecule has 0 heterocycles. The second-order valence-electron chi connectivity index (χ2n) is 8.56. The van der Waals surface area contributed by atoms with Crippen molar-refractivity contribution in [3.63, 3.8) is 0 Å². The van der Waals surface area contributed by atoms with Crippen LogP contribution in [0.2, 0.25) is 0 Å². The van der Waals surface area contributed by atoms with E-state index in [1.807, 2.05) is 0 Å². The number of carbonyl (C=O) groups is 2. The van der Waals surface area contributed by atoms with Gasteiger partial charge in [-0.2, -0.15) is 8.42 Å². The highest BCUT2D eigenvalue weighted by molar-refractivity contribution is 7.90. The normalized spacial score (nSPS) is 13.7. The fourth-order valence-electron chi connectivity index (χ4n) is 2.17. The zero-order valence-corrected chi connectivity index (χ0v) is 19.9. The van der Waals surface area contributed by atoms with Crippen LogP contribution in [0.25, 0.3) is 0 Å². The van der Waals surface area contributed by atoms with Crippen molar-refractivity contribution in [2.24, 2.45) is 4.40 Å². The lowest BCUT2D eigenvalue weighted by atomic mass is 10.2. The number of benzene rings is 1. The highest BCUT2D eigenvalue weighted by Crippen LogP contribution is 2.16. The van der Waals surface area contributed by atoms with Crippen LogP contribution >= 0.6 is 0 Å². The van der Waals surface area contributed by atoms with Gasteiger partial charge >= 0.3 is 12.2 Å². The molecule has 1 unspecified atom stereocenters. The molecule has 1 N–H and O–H groups in total. The summed E-state index contributed by atoms with van der Waals surface area (Å²) in [5, 5.41) is 0.766. The van der Waals surface area contributed by atoms with E-state index in [2.05, 4.69) is 9.82 Å². The average molecular weight is 458 g/mol. The third-order valence-corrected chi connectivity index (χ3v) is 4.69. The van der Waals surface area contributed by atoms with E-state index in [9.17, 15) is 18.0 Å². The average Bonchev–Trinajstić information content (AvgIpc) is 2.61. The second kappa shape index (κ2) is 9.99. The van der Waals surface area contributed by atoms with E-state index in [1.165, 1.54) is 26.2 Å². The van der Waals surface area contributed by atoms with Crippen molar-refractivity contribution in [2.75, 3.05) is 7.11 Å². The van der Waals surface area contributed by atoms with Gasteiger partial charge in [-0.05, 0) is 60.6 Å². The fourth-order valence-corrected chi connectivity index (χ4v) is 3.24. The Kier molecular flexibility index (Phi) is 8.45. The predicted octanol–water partition coefficient (Wildman–Crippen LogP) is 3.49. The van der Waals surface area contributed by atoms with Crippen LogP contribution in [0.1, 0.15) is 48.5 Å². The summed E-state index contributed by atoms with van der Waals surface area (Å²) in [4.78, 5) is 25.0. The van der Waals surface area contributed by atoms with Gasteiger partial charge in [-0.1, -0.05) is 18.2 Å². The summed E-state index contributed by atoms with van der Waals surface area (Å²) in [6.45, 7) is 11.3. The van der Waals surface area contributed by atoms with E-state index in [1.54, 1.807) is 59.7 Å². The third kappa shape index (κ3) is 8.83. The van der Waals surface area contributed by atoms with Crippen LogP contribution in [0.3, 0.4) is 0 Å². The summed E-state index contributed by atoms with van der Waals surface area (Å²) in [5.41, 5.74) is 0.563. The smallest absolute Gasteiger partial charge is 0.430 e. The number of carbonyl (C=O) groups excluding carboxylic acids is 2. The first-order valence-electron chi connectivity index (χ1n) is 9.51. The molecule has 0 aliphatic heterocycles. The summed E-state index contributed by atoms with van der Waals surface area (Å²) in [6.07, 6.45) is -1.89. The van der Waals surface area contributed by atoms with Crippen LogP contribution in [-0.4, -0.2) is 55.9 Å². The van der Waals surface area contributed by atoms with Crippen LogP contribution in [0.5, 0.6) is 0 Å². The van der Waals surface area contributed by atoms with Crippen LogP contribution in [-0.2, 0) is 24.2 Å². The quantitative estimate of drug-likeness (QED) is 0.417. The molecule has 0 aliphatic carbocycles. The molecular formula is C20H31N3O7S. The fraction of sp³-hybridized carbons (Fsp3) is 0.550. The second-order valence-corrected chi connectivity index (χ2v) is 10.2. The lowest BCUT2D eigenvalue weighted by Gasteiger charge is -2.32. The minimum Gasteiger partial charge on any atom is -0.482 e. The maximum absolute atomic E-state index is 12.7. The van der Waals surface area contributed by atoms with Gasteiger partial charge in [-0.3, -0.25) is 0 Å². The molecular weight excluding hydrogens is 426 g/mol. The molecule has 0 spiro atoms. The molecule has 0 saturated carbocycles. The molecule has 10 nitrogen and oxygen atoms in total. The summed E-state index contributed by atoms with van der Waals surface area (Å²) in [5.74, 6) is -0.342. The predicted molar refractivity (Wildman–Crippen MR) is 115 cm³/mol. The number of nitrogens with zero attached hydrogens (tertiary/aromatic N) is 2. The highest BCUT2D eigenvalue weighted by Gasteiger charge is 2.33. The van der Waals surface area contributed by atoms with Crippen LogP contribution in [0.15, 0.2) is 39.6 Å². The Bertz CT molecular complexity index is 901. The standard InChI is InChI=1S/C20H31N3O7S/c1-14(16(28-8)22-31(26,27)15-12-10-9-11-13-15)23(18(25)30-20(5,6)7)21-17(24)29-19(2,3)4/h9-14H,1-8H3,(H,21,24)/b22-16+. The van der Waals surface area contributed by atoms with E-state index < -0.39 is 39.5 Å². The number of hydrogen-bond acceptors (Lipinski definition) is 7. The summed E-state index contributed by atoms with van der Waals surface area (Å²) in [7, 11) is -2.92. The Labute approximate surface area is 183 Å². The maximum Gasteiger partial charge on any atom is 0.430 e. The molecule has 1 rings (SSSR count). The molecule has 2 amide bonds. The van der Waals surface area contributed by atoms with Crippen LogP contribution < -0.4 is 5.43 Å². The molecule has 174 valence electrons. The molecule has 0 aromatic heterocycles.